The van der Waals surface area contributed by atoms with Gasteiger partial charge in [0.05, 0.1) is 21.1 Å². The van der Waals surface area contributed by atoms with Crippen molar-refractivity contribution in [2.75, 3.05) is 13.1 Å². The lowest BCUT2D eigenvalue weighted by Gasteiger charge is -2.15. The Bertz CT molecular complexity index is 649. The zero-order valence-corrected chi connectivity index (χ0v) is 12.3. The predicted octanol–water partition coefficient (Wildman–Crippen LogP) is 2.16. The quantitative estimate of drug-likeness (QED) is 0.939. The molecule has 110 valence electrons. The van der Waals surface area contributed by atoms with Crippen LogP contribution < -0.4 is 0 Å². The normalized spacial score (nSPS) is 18.3. The minimum absolute atomic E-state index is 0.0259. The molecule has 5 nitrogen and oxygen atoms in total. The molecule has 1 fully saturated rings. The van der Waals surface area contributed by atoms with Gasteiger partial charge in [-0.05, 0) is 18.6 Å². The first-order valence-corrected chi connectivity index (χ1v) is 7.80. The highest BCUT2D eigenvalue weighted by atomic mass is 32.1. The third kappa shape index (κ3) is 3.05. The van der Waals surface area contributed by atoms with E-state index in [1.807, 2.05) is 24.3 Å². The van der Waals surface area contributed by atoms with Gasteiger partial charge in [-0.1, -0.05) is 12.1 Å². The summed E-state index contributed by atoms with van der Waals surface area (Å²) in [7, 11) is 0. The Kier molecular flexibility index (Phi) is 3.88. The van der Waals surface area contributed by atoms with Crippen molar-refractivity contribution < 1.29 is 14.7 Å². The number of likely N-dealkylation sites (tertiary alicyclic amines) is 1. The summed E-state index contributed by atoms with van der Waals surface area (Å²) in [5.74, 6) is -1.19. The number of aryl methyl sites for hydroxylation is 1. The van der Waals surface area contributed by atoms with Gasteiger partial charge in [0.1, 0.15) is 0 Å². The van der Waals surface area contributed by atoms with Crippen molar-refractivity contribution in [1.29, 1.82) is 0 Å². The highest BCUT2D eigenvalue weighted by Crippen LogP contribution is 2.23. The predicted molar refractivity (Wildman–Crippen MR) is 80.3 cm³/mol. The fourth-order valence-corrected chi connectivity index (χ4v) is 3.55. The first kappa shape index (κ1) is 14.0. The van der Waals surface area contributed by atoms with Gasteiger partial charge in [0.15, 0.2) is 0 Å². The summed E-state index contributed by atoms with van der Waals surface area (Å²) >= 11 is 1.61. The topological polar surface area (TPSA) is 70.5 Å². The van der Waals surface area contributed by atoms with Crippen LogP contribution in [0.5, 0.6) is 0 Å². The lowest BCUT2D eigenvalue weighted by atomic mass is 10.1. The molecule has 0 spiro atoms. The van der Waals surface area contributed by atoms with Crippen LogP contribution in [0.2, 0.25) is 0 Å². The number of carbonyl (C=O) groups excluding carboxylic acids is 1. The number of fused-ring (bicyclic) bond motifs is 1. The minimum atomic E-state index is -0.809. The molecule has 3 rings (SSSR count). The molecule has 2 heterocycles. The minimum Gasteiger partial charge on any atom is -0.481 e. The fraction of sp³-hybridized carbons (Fsp3) is 0.400. The van der Waals surface area contributed by atoms with Crippen LogP contribution in [0.3, 0.4) is 0 Å². The molecule has 0 unspecified atom stereocenters. The molecular weight excluding hydrogens is 288 g/mol. The summed E-state index contributed by atoms with van der Waals surface area (Å²) in [5, 5.41) is 9.91. The monoisotopic (exact) mass is 304 g/mol. The van der Waals surface area contributed by atoms with Crippen molar-refractivity contribution in [3.8, 4) is 0 Å². The summed E-state index contributed by atoms with van der Waals surface area (Å²) in [6.45, 7) is 0.893. The molecule has 6 heteroatoms. The molecule has 0 saturated carbocycles. The number of amides is 1. The van der Waals surface area contributed by atoms with E-state index in [-0.39, 0.29) is 5.91 Å². The second-order valence-electron chi connectivity index (χ2n) is 5.24. The number of benzene rings is 1. The third-order valence-corrected chi connectivity index (χ3v) is 4.88. The molecule has 1 amide bonds. The molecule has 0 radical (unpaired) electrons. The Morgan fingerprint density at radius 1 is 1.38 bits per heavy atom. The lowest BCUT2D eigenvalue weighted by molar-refractivity contribution is -0.141. The van der Waals surface area contributed by atoms with Crippen LogP contribution in [-0.2, 0) is 16.0 Å². The van der Waals surface area contributed by atoms with Crippen LogP contribution in [0.1, 0.15) is 17.8 Å². The third-order valence-electron chi connectivity index (χ3n) is 3.78. The number of carboxylic acid groups (broad SMARTS) is 1. The average Bonchev–Trinajstić information content (AvgIpc) is 3.11. The Morgan fingerprint density at radius 3 is 2.90 bits per heavy atom. The zero-order chi connectivity index (χ0) is 14.8. The molecule has 1 aromatic heterocycles. The summed E-state index contributed by atoms with van der Waals surface area (Å²) in [6, 6.07) is 7.92. The second kappa shape index (κ2) is 5.81. The Hall–Kier alpha value is -1.95. The average molecular weight is 304 g/mol. The second-order valence-corrected chi connectivity index (χ2v) is 6.35. The van der Waals surface area contributed by atoms with Crippen LogP contribution in [0.25, 0.3) is 10.2 Å². The number of nitrogens with zero attached hydrogens (tertiary/aromatic N) is 2. The van der Waals surface area contributed by atoms with Crippen LogP contribution in [0.4, 0.5) is 0 Å². The van der Waals surface area contributed by atoms with E-state index in [0.717, 1.165) is 15.2 Å². The van der Waals surface area contributed by atoms with Gasteiger partial charge >= 0.3 is 5.97 Å². The van der Waals surface area contributed by atoms with Crippen molar-refractivity contribution >= 4 is 33.4 Å². The maximum Gasteiger partial charge on any atom is 0.308 e. The van der Waals surface area contributed by atoms with Gasteiger partial charge in [0.25, 0.3) is 0 Å². The number of carboxylic acids is 1. The van der Waals surface area contributed by atoms with Gasteiger partial charge in [-0.15, -0.1) is 11.3 Å². The van der Waals surface area contributed by atoms with Gasteiger partial charge < -0.3 is 10.0 Å². The maximum absolute atomic E-state index is 12.1. The van der Waals surface area contributed by atoms with E-state index in [0.29, 0.717) is 32.4 Å². The maximum atomic E-state index is 12.1. The van der Waals surface area contributed by atoms with Crippen molar-refractivity contribution in [3.05, 3.63) is 29.3 Å². The Labute approximate surface area is 126 Å². The van der Waals surface area contributed by atoms with Crippen LogP contribution >= 0.6 is 11.3 Å². The summed E-state index contributed by atoms with van der Waals surface area (Å²) in [4.78, 5) is 29.2. The van der Waals surface area contributed by atoms with E-state index in [4.69, 9.17) is 5.11 Å². The number of hydrogen-bond acceptors (Lipinski definition) is 4. The van der Waals surface area contributed by atoms with Crippen LogP contribution in [0.15, 0.2) is 24.3 Å². The van der Waals surface area contributed by atoms with Crippen molar-refractivity contribution in [2.45, 2.75) is 19.3 Å². The fourth-order valence-electron chi connectivity index (χ4n) is 2.59. The first-order chi connectivity index (χ1) is 10.1. The molecule has 1 N–H and O–H groups in total. The number of aliphatic carboxylic acids is 1. The van der Waals surface area contributed by atoms with E-state index < -0.39 is 11.9 Å². The molecule has 1 atom stereocenters. The Balaban J connectivity index is 1.57. The summed E-state index contributed by atoms with van der Waals surface area (Å²) < 4.78 is 1.13. The number of hydrogen-bond donors (Lipinski definition) is 1. The Morgan fingerprint density at radius 2 is 2.19 bits per heavy atom. The summed E-state index contributed by atoms with van der Waals surface area (Å²) in [5.41, 5.74) is 0.970. The SMILES string of the molecule is O=C(O)[C@@H]1CCN(C(=O)CCc2nc3ccccc3s2)C1. The van der Waals surface area contributed by atoms with E-state index >= 15 is 0 Å². The molecule has 21 heavy (non-hydrogen) atoms. The van der Waals surface area contributed by atoms with E-state index in [1.165, 1.54) is 0 Å². The van der Waals surface area contributed by atoms with Crippen molar-refractivity contribution in [1.82, 2.24) is 9.88 Å². The lowest BCUT2D eigenvalue weighted by Crippen LogP contribution is -2.30. The highest BCUT2D eigenvalue weighted by molar-refractivity contribution is 7.18. The summed E-state index contributed by atoms with van der Waals surface area (Å²) in [6.07, 6.45) is 1.57. The largest absolute Gasteiger partial charge is 0.481 e. The molecular formula is C15H16N2O3S. The van der Waals surface area contributed by atoms with Gasteiger partial charge in [-0.2, -0.15) is 0 Å². The van der Waals surface area contributed by atoms with Crippen molar-refractivity contribution in [3.63, 3.8) is 0 Å². The molecule has 0 aliphatic carbocycles. The molecule has 1 aliphatic heterocycles. The molecule has 1 aliphatic rings. The number of aromatic nitrogens is 1. The van der Waals surface area contributed by atoms with Gasteiger partial charge in [-0.25, -0.2) is 4.98 Å². The van der Waals surface area contributed by atoms with Crippen molar-refractivity contribution in [2.24, 2.45) is 5.92 Å². The van der Waals surface area contributed by atoms with Gasteiger partial charge in [0.2, 0.25) is 5.91 Å². The molecule has 2 aromatic rings. The smallest absolute Gasteiger partial charge is 0.308 e. The zero-order valence-electron chi connectivity index (χ0n) is 11.5. The molecule has 0 bridgehead atoms. The van der Waals surface area contributed by atoms with Crippen LogP contribution in [-0.4, -0.2) is 40.0 Å². The highest BCUT2D eigenvalue weighted by Gasteiger charge is 2.30. The van der Waals surface area contributed by atoms with E-state index in [9.17, 15) is 9.59 Å². The molecule has 1 saturated heterocycles. The van der Waals surface area contributed by atoms with Gasteiger partial charge in [-0.3, -0.25) is 9.59 Å². The first-order valence-electron chi connectivity index (χ1n) is 6.98. The standard InChI is InChI=1S/C15H16N2O3S/c18-14(17-8-7-10(9-17)15(19)20)6-5-13-16-11-3-1-2-4-12(11)21-13/h1-4,10H,5-9H2,(H,19,20)/t10-/m1/s1. The molecule has 1 aromatic carbocycles. The number of thiazole rings is 1. The number of para-hydroxylation sites is 1. The number of carbonyl (C=O) groups is 2. The van der Waals surface area contributed by atoms with Crippen LogP contribution in [0, 0.1) is 5.92 Å². The van der Waals surface area contributed by atoms with Gasteiger partial charge in [0, 0.05) is 25.9 Å². The number of rotatable bonds is 4. The van der Waals surface area contributed by atoms with E-state index in [1.54, 1.807) is 16.2 Å². The van der Waals surface area contributed by atoms with E-state index in [2.05, 4.69) is 4.98 Å².